The molecule has 0 saturated carbocycles. The maximum absolute atomic E-state index is 12.9. The van der Waals surface area contributed by atoms with Gasteiger partial charge in [-0.1, -0.05) is 23.4 Å². The molecular formula is C17H10BrClFNOS. The van der Waals surface area contributed by atoms with Crippen LogP contribution in [0.5, 0.6) is 0 Å². The van der Waals surface area contributed by atoms with Crippen molar-refractivity contribution in [2.24, 2.45) is 4.99 Å². The zero-order valence-electron chi connectivity index (χ0n) is 11.7. The summed E-state index contributed by atoms with van der Waals surface area (Å²) in [6.07, 6.45) is 1.60. The van der Waals surface area contributed by atoms with Crippen molar-refractivity contribution in [1.29, 1.82) is 0 Å². The second kappa shape index (κ2) is 7.34. The van der Waals surface area contributed by atoms with Gasteiger partial charge in [-0.2, -0.15) is 0 Å². The quantitative estimate of drug-likeness (QED) is 0.445. The molecule has 0 aliphatic rings. The van der Waals surface area contributed by atoms with Gasteiger partial charge in [-0.25, -0.2) is 4.39 Å². The Hall–Kier alpha value is -1.56. The molecule has 0 aliphatic carbocycles. The SMILES string of the molecule is Fc1ccc(N=Cc2cc(Br)c(Sc3ccc(Cl)cc3)o2)cc1. The fourth-order valence-corrected chi connectivity index (χ4v) is 3.23. The van der Waals surface area contributed by atoms with E-state index in [9.17, 15) is 4.39 Å². The summed E-state index contributed by atoms with van der Waals surface area (Å²) in [5.41, 5.74) is 0.658. The van der Waals surface area contributed by atoms with Gasteiger partial charge in [0.1, 0.15) is 11.6 Å². The molecule has 23 heavy (non-hydrogen) atoms. The highest BCUT2D eigenvalue weighted by Crippen LogP contribution is 2.36. The predicted octanol–water partition coefficient (Wildman–Crippen LogP) is 6.74. The van der Waals surface area contributed by atoms with Crippen LogP contribution in [0.25, 0.3) is 0 Å². The minimum Gasteiger partial charge on any atom is -0.447 e. The summed E-state index contributed by atoms with van der Waals surface area (Å²) in [6, 6.07) is 15.3. The zero-order valence-corrected chi connectivity index (χ0v) is 14.8. The molecule has 3 aromatic rings. The van der Waals surface area contributed by atoms with Crippen molar-refractivity contribution < 1.29 is 8.81 Å². The van der Waals surface area contributed by atoms with E-state index in [2.05, 4.69) is 20.9 Å². The number of benzene rings is 2. The fraction of sp³-hybridized carbons (Fsp3) is 0. The normalized spacial score (nSPS) is 11.3. The number of halogens is 3. The maximum Gasteiger partial charge on any atom is 0.179 e. The van der Waals surface area contributed by atoms with Crippen LogP contribution in [0, 0.1) is 5.82 Å². The Morgan fingerprint density at radius 1 is 1.09 bits per heavy atom. The smallest absolute Gasteiger partial charge is 0.179 e. The van der Waals surface area contributed by atoms with Crippen molar-refractivity contribution in [2.75, 3.05) is 0 Å². The number of rotatable bonds is 4. The lowest BCUT2D eigenvalue weighted by Gasteiger charge is -1.98. The molecule has 0 radical (unpaired) electrons. The van der Waals surface area contributed by atoms with E-state index in [1.165, 1.54) is 23.9 Å². The first-order valence-corrected chi connectivity index (χ1v) is 8.61. The van der Waals surface area contributed by atoms with Crippen molar-refractivity contribution in [3.63, 3.8) is 0 Å². The van der Waals surface area contributed by atoms with Crippen LogP contribution in [0.15, 0.2) is 78.5 Å². The highest BCUT2D eigenvalue weighted by molar-refractivity contribution is 9.10. The van der Waals surface area contributed by atoms with Crippen molar-refractivity contribution >= 4 is 51.2 Å². The minimum atomic E-state index is -0.286. The second-order valence-electron chi connectivity index (χ2n) is 4.57. The van der Waals surface area contributed by atoms with Gasteiger partial charge in [0.2, 0.25) is 0 Å². The third kappa shape index (κ3) is 4.47. The van der Waals surface area contributed by atoms with Crippen LogP contribution in [-0.2, 0) is 0 Å². The Kier molecular flexibility index (Phi) is 5.20. The molecule has 1 aromatic heterocycles. The van der Waals surface area contributed by atoms with Crippen molar-refractivity contribution in [3.05, 3.63) is 75.7 Å². The summed E-state index contributed by atoms with van der Waals surface area (Å²) in [5.74, 6) is 0.323. The van der Waals surface area contributed by atoms with Crippen LogP contribution in [0.2, 0.25) is 5.02 Å². The Morgan fingerprint density at radius 3 is 2.48 bits per heavy atom. The van der Waals surface area contributed by atoms with E-state index in [1.807, 2.05) is 30.3 Å². The van der Waals surface area contributed by atoms with Crippen LogP contribution >= 0.6 is 39.3 Å². The van der Waals surface area contributed by atoms with E-state index in [0.29, 0.717) is 16.5 Å². The van der Waals surface area contributed by atoms with E-state index in [1.54, 1.807) is 18.3 Å². The monoisotopic (exact) mass is 409 g/mol. The van der Waals surface area contributed by atoms with Gasteiger partial charge in [0, 0.05) is 16.0 Å². The zero-order chi connectivity index (χ0) is 16.2. The standard InChI is InChI=1S/C17H10BrClFNOS/c18-16-9-14(10-21-13-5-3-12(20)4-6-13)22-17(16)23-15-7-1-11(19)2-8-15/h1-10H. The van der Waals surface area contributed by atoms with Gasteiger partial charge in [0.05, 0.1) is 16.4 Å². The summed E-state index contributed by atoms with van der Waals surface area (Å²) < 4.78 is 19.4. The van der Waals surface area contributed by atoms with Gasteiger partial charge in [-0.15, -0.1) is 0 Å². The summed E-state index contributed by atoms with van der Waals surface area (Å²) in [7, 11) is 0. The minimum absolute atomic E-state index is 0.286. The van der Waals surface area contributed by atoms with Crippen LogP contribution in [0.3, 0.4) is 0 Å². The van der Waals surface area contributed by atoms with E-state index in [4.69, 9.17) is 16.0 Å². The third-order valence-corrected chi connectivity index (χ3v) is 4.97. The molecule has 1 heterocycles. The molecule has 0 saturated heterocycles. The van der Waals surface area contributed by atoms with Gasteiger partial charge in [0.25, 0.3) is 0 Å². The molecule has 0 bridgehead atoms. The molecular weight excluding hydrogens is 401 g/mol. The molecule has 116 valence electrons. The van der Waals surface area contributed by atoms with Crippen molar-refractivity contribution in [1.82, 2.24) is 0 Å². The number of nitrogens with zero attached hydrogens (tertiary/aromatic N) is 1. The molecule has 0 fully saturated rings. The van der Waals surface area contributed by atoms with Gasteiger partial charge in [0.15, 0.2) is 5.09 Å². The van der Waals surface area contributed by atoms with Crippen molar-refractivity contribution in [2.45, 2.75) is 9.99 Å². The van der Waals surface area contributed by atoms with Crippen LogP contribution in [0.4, 0.5) is 10.1 Å². The summed E-state index contributed by atoms with van der Waals surface area (Å²) in [4.78, 5) is 5.28. The number of hydrogen-bond donors (Lipinski definition) is 0. The lowest BCUT2D eigenvalue weighted by atomic mass is 10.3. The molecule has 2 nitrogen and oxygen atoms in total. The first-order valence-electron chi connectivity index (χ1n) is 6.62. The molecule has 0 aliphatic heterocycles. The molecule has 0 unspecified atom stereocenters. The molecule has 0 amide bonds. The fourth-order valence-electron chi connectivity index (χ4n) is 1.78. The van der Waals surface area contributed by atoms with Gasteiger partial charge < -0.3 is 4.42 Å². The molecule has 0 atom stereocenters. The van der Waals surface area contributed by atoms with Crippen molar-refractivity contribution in [3.8, 4) is 0 Å². The lowest BCUT2D eigenvalue weighted by Crippen LogP contribution is -1.75. The van der Waals surface area contributed by atoms with Crippen LogP contribution < -0.4 is 0 Å². The second-order valence-corrected chi connectivity index (χ2v) is 6.91. The lowest BCUT2D eigenvalue weighted by molar-refractivity contribution is 0.466. The summed E-state index contributed by atoms with van der Waals surface area (Å²) in [5, 5.41) is 1.42. The number of aliphatic imine (C=N–C) groups is 1. The van der Waals surface area contributed by atoms with E-state index in [-0.39, 0.29) is 5.82 Å². The van der Waals surface area contributed by atoms with Gasteiger partial charge >= 0.3 is 0 Å². The maximum atomic E-state index is 12.9. The first kappa shape index (κ1) is 16.3. The Morgan fingerprint density at radius 2 is 1.78 bits per heavy atom. The Balaban J connectivity index is 1.75. The van der Waals surface area contributed by atoms with Gasteiger partial charge in [-0.3, -0.25) is 4.99 Å². The van der Waals surface area contributed by atoms with E-state index < -0.39 is 0 Å². The summed E-state index contributed by atoms with van der Waals surface area (Å²) >= 11 is 10.8. The molecule has 0 spiro atoms. The predicted molar refractivity (Wildman–Crippen MR) is 95.6 cm³/mol. The summed E-state index contributed by atoms with van der Waals surface area (Å²) in [6.45, 7) is 0. The highest BCUT2D eigenvalue weighted by Gasteiger charge is 2.09. The van der Waals surface area contributed by atoms with Crippen LogP contribution in [-0.4, -0.2) is 6.21 Å². The van der Waals surface area contributed by atoms with E-state index >= 15 is 0 Å². The molecule has 2 aromatic carbocycles. The largest absolute Gasteiger partial charge is 0.447 e. The Bertz CT molecular complexity index is 831. The average Bonchev–Trinajstić information content (AvgIpc) is 2.89. The number of furan rings is 1. The average molecular weight is 411 g/mol. The van der Waals surface area contributed by atoms with E-state index in [0.717, 1.165) is 14.5 Å². The Labute approximate surface area is 150 Å². The molecule has 3 rings (SSSR count). The molecule has 6 heteroatoms. The highest BCUT2D eigenvalue weighted by atomic mass is 79.9. The first-order chi connectivity index (χ1) is 11.1. The molecule has 0 N–H and O–H groups in total. The third-order valence-electron chi connectivity index (χ3n) is 2.87. The number of hydrogen-bond acceptors (Lipinski definition) is 3. The van der Waals surface area contributed by atoms with Crippen LogP contribution in [0.1, 0.15) is 5.76 Å². The van der Waals surface area contributed by atoms with Gasteiger partial charge in [-0.05, 0) is 64.5 Å². The topological polar surface area (TPSA) is 25.5 Å².